The smallest absolute Gasteiger partial charge is 0.0528 e. The lowest BCUT2D eigenvalue weighted by Gasteiger charge is -1.83. The summed E-state index contributed by atoms with van der Waals surface area (Å²) in [5.74, 6) is 0. The fourth-order valence-electron chi connectivity index (χ4n) is 0.144. The zero-order chi connectivity index (χ0) is 4.12. The van der Waals surface area contributed by atoms with Crippen molar-refractivity contribution in [2.24, 2.45) is 0 Å². The molecule has 0 atom stereocenters. The van der Waals surface area contributed by atoms with E-state index in [2.05, 4.69) is 11.2 Å². The van der Waals surface area contributed by atoms with Gasteiger partial charge in [0.2, 0.25) is 0 Å². The van der Waals surface area contributed by atoms with E-state index in [0.29, 0.717) is 6.61 Å². The molecule has 2 radical (unpaired) electrons. The zero-order valence-corrected chi connectivity index (χ0v) is 3.62. The highest BCUT2D eigenvalue weighted by molar-refractivity contribution is 4.48. The van der Waals surface area contributed by atoms with E-state index in [-0.39, 0.29) is 0 Å². The zero-order valence-electron chi connectivity index (χ0n) is 3.62. The van der Waals surface area contributed by atoms with Crippen LogP contribution in [0.4, 0.5) is 0 Å². The first-order valence-electron chi connectivity index (χ1n) is 1.55. The Bertz CT molecular complexity index is 11.1. The largest absolute Gasteiger partial charge is 0.384 e. The van der Waals surface area contributed by atoms with E-state index in [1.165, 1.54) is 0 Å². The highest BCUT2D eigenvalue weighted by Crippen LogP contribution is 1.68. The first-order chi connectivity index (χ1) is 2.41. The molecule has 0 aliphatic rings. The normalized spacial score (nSPS) is 8.40. The molecule has 0 heterocycles. The van der Waals surface area contributed by atoms with Crippen LogP contribution in [-0.2, 0) is 4.74 Å². The van der Waals surface area contributed by atoms with E-state index in [9.17, 15) is 0 Å². The van der Waals surface area contributed by atoms with Crippen LogP contribution in [0.5, 0.6) is 0 Å². The molecule has 0 spiro atoms. The molecule has 5 heavy (non-hydrogen) atoms. The van der Waals surface area contributed by atoms with Crippen molar-refractivity contribution in [3.63, 3.8) is 0 Å². The maximum atomic E-state index is 4.58. The highest BCUT2D eigenvalue weighted by Gasteiger charge is 1.67. The van der Waals surface area contributed by atoms with Gasteiger partial charge in [-0.25, -0.2) is 0 Å². The third-order valence-corrected chi connectivity index (χ3v) is 0.289. The van der Waals surface area contributed by atoms with E-state index in [1.54, 1.807) is 7.11 Å². The van der Waals surface area contributed by atoms with Crippen LogP contribution in [0.25, 0.3) is 0 Å². The van der Waals surface area contributed by atoms with E-state index < -0.39 is 0 Å². The van der Waals surface area contributed by atoms with Crippen LogP contribution in [-0.4, -0.2) is 13.7 Å². The van der Waals surface area contributed by atoms with Gasteiger partial charge in [0.1, 0.15) is 0 Å². The van der Waals surface area contributed by atoms with Gasteiger partial charge in [-0.1, -0.05) is 6.92 Å². The van der Waals surface area contributed by atoms with Crippen molar-refractivity contribution in [3.05, 3.63) is 6.42 Å². The average molecular weight is 72.1 g/mol. The second kappa shape index (κ2) is 3.96. The maximum absolute atomic E-state index is 4.58. The summed E-state index contributed by atoms with van der Waals surface area (Å²) in [6.45, 7) is 2.48. The predicted molar refractivity (Wildman–Crippen MR) is 20.8 cm³/mol. The van der Waals surface area contributed by atoms with E-state index in [1.807, 2.05) is 6.92 Å². The Kier molecular flexibility index (Phi) is 3.93. The summed E-state index contributed by atoms with van der Waals surface area (Å²) in [6, 6.07) is 0. The topological polar surface area (TPSA) is 9.23 Å². The van der Waals surface area contributed by atoms with Crippen molar-refractivity contribution in [1.82, 2.24) is 0 Å². The van der Waals surface area contributed by atoms with Gasteiger partial charge >= 0.3 is 0 Å². The molecule has 0 bridgehead atoms. The minimum atomic E-state index is 0.639. The van der Waals surface area contributed by atoms with Crippen molar-refractivity contribution < 1.29 is 4.74 Å². The maximum Gasteiger partial charge on any atom is 0.0528 e. The summed E-state index contributed by atoms with van der Waals surface area (Å²) >= 11 is 0. The molecule has 1 nitrogen and oxygen atoms in total. The second-order valence-electron chi connectivity index (χ2n) is 0.787. The fourth-order valence-corrected chi connectivity index (χ4v) is 0.144. The Labute approximate surface area is 32.9 Å². The fraction of sp³-hybridized carbons (Fsp3) is 0.750. The number of hydrogen-bond donors (Lipinski definition) is 0. The summed E-state index contributed by atoms with van der Waals surface area (Å²) in [5, 5.41) is 0. The first-order valence-corrected chi connectivity index (χ1v) is 1.55. The summed E-state index contributed by atoms with van der Waals surface area (Å²) in [5.41, 5.74) is 0. The van der Waals surface area contributed by atoms with Gasteiger partial charge in [-0.05, 0) is 0 Å². The third kappa shape index (κ3) is 3.96. The lowest BCUT2D eigenvalue weighted by atomic mass is 10.5. The Balaban J connectivity index is 2.19. The molecular formula is C4H8O. The van der Waals surface area contributed by atoms with E-state index in [0.717, 1.165) is 0 Å². The summed E-state index contributed by atoms with van der Waals surface area (Å²) in [7, 11) is 1.65. The molecule has 0 rings (SSSR count). The molecular weight excluding hydrogens is 64.0 g/mol. The van der Waals surface area contributed by atoms with Gasteiger partial charge in [0, 0.05) is 13.5 Å². The molecule has 0 aliphatic carbocycles. The molecule has 0 aromatic rings. The highest BCUT2D eigenvalue weighted by atomic mass is 16.5. The standard InChI is InChI=1S/C4H8O/c1-3-4-5-2/h4H2,1-2H3. The van der Waals surface area contributed by atoms with Gasteiger partial charge in [0.25, 0.3) is 0 Å². The lowest BCUT2D eigenvalue weighted by Crippen LogP contribution is -1.81. The van der Waals surface area contributed by atoms with Gasteiger partial charge in [-0.15, -0.1) is 0 Å². The molecule has 0 saturated heterocycles. The Morgan fingerprint density at radius 1 is 1.80 bits per heavy atom. The number of hydrogen-bond acceptors (Lipinski definition) is 1. The van der Waals surface area contributed by atoms with E-state index >= 15 is 0 Å². The van der Waals surface area contributed by atoms with Gasteiger partial charge < -0.3 is 4.74 Å². The second-order valence-corrected chi connectivity index (χ2v) is 0.787. The van der Waals surface area contributed by atoms with Gasteiger partial charge in [-0.3, -0.25) is 0 Å². The van der Waals surface area contributed by atoms with Crippen LogP contribution in [0.2, 0.25) is 0 Å². The van der Waals surface area contributed by atoms with Gasteiger partial charge in [0.05, 0.1) is 6.61 Å². The molecule has 0 amide bonds. The quantitative estimate of drug-likeness (QED) is 0.467. The number of ether oxygens (including phenoxy) is 1. The number of rotatable bonds is 2. The van der Waals surface area contributed by atoms with Crippen molar-refractivity contribution in [2.45, 2.75) is 6.92 Å². The minimum Gasteiger partial charge on any atom is -0.384 e. The molecule has 0 N–H and O–H groups in total. The molecule has 0 fully saturated rings. The van der Waals surface area contributed by atoms with Crippen LogP contribution >= 0.6 is 0 Å². The minimum absolute atomic E-state index is 0.639. The Hall–Kier alpha value is -0.0400. The van der Waals surface area contributed by atoms with Gasteiger partial charge in [-0.2, -0.15) is 0 Å². The van der Waals surface area contributed by atoms with Gasteiger partial charge in [0.15, 0.2) is 0 Å². The van der Waals surface area contributed by atoms with Crippen LogP contribution in [0, 0.1) is 6.42 Å². The predicted octanol–water partition coefficient (Wildman–Crippen LogP) is 0.734. The molecule has 0 saturated carbocycles. The Morgan fingerprint density at radius 3 is 2.40 bits per heavy atom. The molecule has 1 heteroatoms. The van der Waals surface area contributed by atoms with Crippen LogP contribution in [0.3, 0.4) is 0 Å². The molecule has 0 aromatic carbocycles. The first kappa shape index (κ1) is 4.96. The number of methoxy groups -OCH3 is 1. The molecule has 0 unspecified atom stereocenters. The average Bonchev–Trinajstić information content (AvgIpc) is 1.41. The third-order valence-electron chi connectivity index (χ3n) is 0.289. The van der Waals surface area contributed by atoms with Crippen LogP contribution in [0.15, 0.2) is 0 Å². The van der Waals surface area contributed by atoms with Crippen molar-refractivity contribution >= 4 is 0 Å². The van der Waals surface area contributed by atoms with Crippen molar-refractivity contribution in [2.75, 3.05) is 13.7 Å². The van der Waals surface area contributed by atoms with E-state index in [4.69, 9.17) is 0 Å². The molecule has 0 aliphatic heterocycles. The van der Waals surface area contributed by atoms with Crippen molar-refractivity contribution in [1.29, 1.82) is 0 Å². The molecule has 0 aromatic heterocycles. The summed E-state index contributed by atoms with van der Waals surface area (Å²) in [4.78, 5) is 0. The summed E-state index contributed by atoms with van der Waals surface area (Å²) < 4.78 is 4.58. The lowest BCUT2D eigenvalue weighted by molar-refractivity contribution is 0.223. The molecule has 30 valence electrons. The summed E-state index contributed by atoms with van der Waals surface area (Å²) in [6.07, 6.45) is 2.80. The van der Waals surface area contributed by atoms with Crippen molar-refractivity contribution in [3.8, 4) is 0 Å². The van der Waals surface area contributed by atoms with Crippen LogP contribution < -0.4 is 0 Å². The Morgan fingerprint density at radius 2 is 2.40 bits per heavy atom. The monoisotopic (exact) mass is 72.1 g/mol. The van der Waals surface area contributed by atoms with Crippen LogP contribution in [0.1, 0.15) is 6.92 Å². The SMILES string of the molecule is C[C]COC.